The fraction of sp³-hybridized carbons (Fsp3) is 0.261. The highest BCUT2D eigenvalue weighted by Crippen LogP contribution is 2.31. The quantitative estimate of drug-likeness (QED) is 0.449. The summed E-state index contributed by atoms with van der Waals surface area (Å²) < 4.78 is 31.2. The molecule has 1 saturated heterocycles. The van der Waals surface area contributed by atoms with Crippen molar-refractivity contribution in [3.8, 4) is 22.5 Å². The van der Waals surface area contributed by atoms with Crippen molar-refractivity contribution in [2.24, 2.45) is 5.14 Å². The molecular weight excluding hydrogens is 440 g/mol. The lowest BCUT2D eigenvalue weighted by Gasteiger charge is -2.23. The highest BCUT2D eigenvalue weighted by Gasteiger charge is 2.19. The van der Waals surface area contributed by atoms with Crippen LogP contribution in [0.3, 0.4) is 0 Å². The molecule has 1 unspecified atom stereocenters. The highest BCUT2D eigenvalue weighted by molar-refractivity contribution is 7.89. The van der Waals surface area contributed by atoms with Gasteiger partial charge in [-0.3, -0.25) is 4.98 Å². The first-order valence-electron chi connectivity index (χ1n) is 10.8. The van der Waals surface area contributed by atoms with Gasteiger partial charge in [-0.15, -0.1) is 5.10 Å². The summed E-state index contributed by atoms with van der Waals surface area (Å²) in [5, 5.41) is 13.4. The molecule has 1 atom stereocenters. The maximum absolute atomic E-state index is 11.8. The molecule has 3 aromatic heterocycles. The number of hydrogen-bond donors (Lipinski definition) is 2. The number of nitrogens with zero attached hydrogens (tertiary/aromatic N) is 4. The van der Waals surface area contributed by atoms with E-state index in [0.29, 0.717) is 23.8 Å². The van der Waals surface area contributed by atoms with Gasteiger partial charge in [-0.1, -0.05) is 30.3 Å². The first kappa shape index (κ1) is 21.5. The van der Waals surface area contributed by atoms with Crippen LogP contribution in [0.5, 0.6) is 0 Å². The lowest BCUT2D eigenvalue weighted by atomic mass is 10.1. The molecule has 33 heavy (non-hydrogen) atoms. The molecule has 0 amide bonds. The summed E-state index contributed by atoms with van der Waals surface area (Å²) >= 11 is 0. The molecule has 0 aliphatic carbocycles. The van der Waals surface area contributed by atoms with Crippen LogP contribution in [0.15, 0.2) is 66.0 Å². The van der Waals surface area contributed by atoms with E-state index in [4.69, 9.17) is 14.9 Å². The molecule has 1 aliphatic rings. The Kier molecular flexibility index (Phi) is 5.79. The predicted octanol–water partition coefficient (Wildman–Crippen LogP) is 3.09. The molecule has 4 heterocycles. The minimum Gasteiger partial charge on any atom is -0.376 e. The third-order valence-corrected chi connectivity index (χ3v) is 6.55. The number of rotatable bonds is 6. The van der Waals surface area contributed by atoms with Crippen molar-refractivity contribution >= 4 is 21.4 Å². The zero-order valence-electron chi connectivity index (χ0n) is 17.9. The van der Waals surface area contributed by atoms with Crippen LogP contribution in [0.1, 0.15) is 19.3 Å². The summed E-state index contributed by atoms with van der Waals surface area (Å²) in [5.41, 5.74) is 3.32. The van der Waals surface area contributed by atoms with Crippen LogP contribution in [0.2, 0.25) is 0 Å². The van der Waals surface area contributed by atoms with Gasteiger partial charge in [0, 0.05) is 42.9 Å². The topological polar surface area (TPSA) is 125 Å². The van der Waals surface area contributed by atoms with Gasteiger partial charge < -0.3 is 10.1 Å². The Labute approximate surface area is 191 Å². The third kappa shape index (κ3) is 4.58. The van der Waals surface area contributed by atoms with E-state index in [1.807, 2.05) is 42.6 Å². The molecule has 10 heteroatoms. The van der Waals surface area contributed by atoms with Crippen molar-refractivity contribution in [2.45, 2.75) is 30.3 Å². The summed E-state index contributed by atoms with van der Waals surface area (Å²) in [6.45, 7) is 1.38. The van der Waals surface area contributed by atoms with Gasteiger partial charge in [0.05, 0.1) is 6.10 Å². The maximum atomic E-state index is 11.8. The number of nitrogens with two attached hydrogens (primary N) is 1. The first-order chi connectivity index (χ1) is 16.0. The molecule has 0 saturated carbocycles. The first-order valence-corrected chi connectivity index (χ1v) is 12.3. The second kappa shape index (κ2) is 8.89. The molecule has 170 valence electrons. The average Bonchev–Trinajstić information content (AvgIpc) is 3.28. The van der Waals surface area contributed by atoms with E-state index < -0.39 is 10.0 Å². The third-order valence-electron chi connectivity index (χ3n) is 5.67. The zero-order valence-corrected chi connectivity index (χ0v) is 18.7. The fourth-order valence-electron chi connectivity index (χ4n) is 4.00. The Morgan fingerprint density at radius 2 is 1.97 bits per heavy atom. The SMILES string of the molecule is NS(=O)(=O)c1cncc(-c2nc(NCC3CCCCO3)c3c(-c4ccccc4)ccn3n2)c1. The second-order valence-corrected chi connectivity index (χ2v) is 9.56. The minimum absolute atomic E-state index is 0.0914. The number of fused-ring (bicyclic) bond motifs is 1. The van der Waals surface area contributed by atoms with Gasteiger partial charge in [0.25, 0.3) is 0 Å². The normalized spacial score (nSPS) is 16.7. The van der Waals surface area contributed by atoms with Crippen LogP contribution >= 0.6 is 0 Å². The number of hydrogen-bond acceptors (Lipinski definition) is 7. The molecule has 0 radical (unpaired) electrons. The number of primary sulfonamides is 1. The van der Waals surface area contributed by atoms with Crippen LogP contribution < -0.4 is 10.5 Å². The van der Waals surface area contributed by atoms with Crippen LogP contribution in [0.4, 0.5) is 5.82 Å². The smallest absolute Gasteiger partial charge is 0.239 e. The molecule has 1 aromatic carbocycles. The standard InChI is InChI=1S/C23H24N6O3S/c24-33(30,31)19-12-17(13-25-15-19)22-27-23(26-14-18-8-4-5-11-32-18)21-20(9-10-29(21)28-22)16-6-2-1-3-7-16/h1-3,6-7,9-10,12-13,15,18H,4-5,8,11,14H2,(H2,24,30,31)(H,26,27,28). The van der Waals surface area contributed by atoms with Crippen molar-refractivity contribution in [2.75, 3.05) is 18.5 Å². The van der Waals surface area contributed by atoms with Gasteiger partial charge in [-0.05, 0) is 37.0 Å². The van der Waals surface area contributed by atoms with Crippen molar-refractivity contribution in [3.05, 3.63) is 61.1 Å². The fourth-order valence-corrected chi connectivity index (χ4v) is 4.50. The summed E-state index contributed by atoms with van der Waals surface area (Å²) in [6.07, 6.45) is 7.92. The number of nitrogens with one attached hydrogen (secondary N) is 1. The van der Waals surface area contributed by atoms with Crippen LogP contribution in [-0.2, 0) is 14.8 Å². The molecule has 1 fully saturated rings. The van der Waals surface area contributed by atoms with E-state index in [1.54, 1.807) is 4.52 Å². The maximum Gasteiger partial charge on any atom is 0.239 e. The molecule has 4 aromatic rings. The van der Waals surface area contributed by atoms with Crippen LogP contribution in [0.25, 0.3) is 28.0 Å². The van der Waals surface area contributed by atoms with Crippen LogP contribution in [0, 0.1) is 0 Å². The highest BCUT2D eigenvalue weighted by atomic mass is 32.2. The Morgan fingerprint density at radius 1 is 1.12 bits per heavy atom. The van der Waals surface area contributed by atoms with Gasteiger partial charge in [0.2, 0.25) is 10.0 Å². The molecule has 0 bridgehead atoms. The van der Waals surface area contributed by atoms with Gasteiger partial charge in [0.15, 0.2) is 11.6 Å². The van der Waals surface area contributed by atoms with Crippen molar-refractivity contribution in [1.82, 2.24) is 19.6 Å². The van der Waals surface area contributed by atoms with E-state index in [0.717, 1.165) is 42.5 Å². The van der Waals surface area contributed by atoms with Crippen molar-refractivity contribution < 1.29 is 13.2 Å². The average molecular weight is 465 g/mol. The van der Waals surface area contributed by atoms with E-state index in [1.165, 1.54) is 18.5 Å². The van der Waals surface area contributed by atoms with Crippen molar-refractivity contribution in [1.29, 1.82) is 0 Å². The molecule has 0 spiro atoms. The Morgan fingerprint density at radius 3 is 2.73 bits per heavy atom. The number of anilines is 1. The summed E-state index contributed by atoms with van der Waals surface area (Å²) in [5.74, 6) is 0.974. The van der Waals surface area contributed by atoms with E-state index >= 15 is 0 Å². The number of pyridine rings is 1. The number of benzene rings is 1. The van der Waals surface area contributed by atoms with E-state index in [9.17, 15) is 8.42 Å². The largest absolute Gasteiger partial charge is 0.376 e. The Balaban J connectivity index is 1.60. The number of aromatic nitrogens is 4. The monoisotopic (exact) mass is 464 g/mol. The van der Waals surface area contributed by atoms with Gasteiger partial charge in [-0.2, -0.15) is 0 Å². The predicted molar refractivity (Wildman–Crippen MR) is 125 cm³/mol. The van der Waals surface area contributed by atoms with E-state index in [-0.39, 0.29) is 11.0 Å². The second-order valence-electron chi connectivity index (χ2n) is 8.00. The molecule has 5 rings (SSSR count). The number of ether oxygens (including phenoxy) is 1. The lowest BCUT2D eigenvalue weighted by Crippen LogP contribution is -2.27. The zero-order chi connectivity index (χ0) is 22.8. The van der Waals surface area contributed by atoms with E-state index in [2.05, 4.69) is 15.4 Å². The summed E-state index contributed by atoms with van der Waals surface area (Å²) in [4.78, 5) is 8.69. The van der Waals surface area contributed by atoms with Gasteiger partial charge >= 0.3 is 0 Å². The summed E-state index contributed by atoms with van der Waals surface area (Å²) in [7, 11) is -3.90. The summed E-state index contributed by atoms with van der Waals surface area (Å²) in [6, 6.07) is 13.4. The van der Waals surface area contributed by atoms with Gasteiger partial charge in [0.1, 0.15) is 10.4 Å². The molecule has 3 N–H and O–H groups in total. The number of sulfonamides is 1. The molecule has 1 aliphatic heterocycles. The molecular formula is C23H24N6O3S. The Hall–Kier alpha value is -3.34. The Bertz CT molecular complexity index is 1380. The molecule has 9 nitrogen and oxygen atoms in total. The van der Waals surface area contributed by atoms with Crippen molar-refractivity contribution in [3.63, 3.8) is 0 Å². The van der Waals surface area contributed by atoms with Crippen LogP contribution in [-0.4, -0.2) is 47.3 Å². The van der Waals surface area contributed by atoms with Gasteiger partial charge in [-0.25, -0.2) is 23.1 Å². The lowest BCUT2D eigenvalue weighted by molar-refractivity contribution is 0.0247. The minimum atomic E-state index is -3.90.